The molecule has 0 aliphatic heterocycles. The van der Waals surface area contributed by atoms with E-state index in [1.165, 1.54) is 0 Å². The maximum Gasteiger partial charge on any atom is 0.241 e. The lowest BCUT2D eigenvalue weighted by Crippen LogP contribution is -2.20. The lowest BCUT2D eigenvalue weighted by Gasteiger charge is -2.07. The molecule has 0 radical (unpaired) electrons. The predicted molar refractivity (Wildman–Crippen MR) is 73.8 cm³/mol. The van der Waals surface area contributed by atoms with Crippen LogP contribution in [0.1, 0.15) is 12.8 Å². The number of primary amides is 1. The third kappa shape index (κ3) is 3.04. The van der Waals surface area contributed by atoms with Crippen LogP contribution in [0.4, 0.5) is 5.69 Å². The Morgan fingerprint density at radius 3 is 2.81 bits per heavy atom. The molecular weight excluding hydrogens is 272 g/mol. The highest BCUT2D eigenvalue weighted by Crippen LogP contribution is 2.32. The number of tetrazole rings is 1. The topological polar surface area (TPSA) is 116 Å². The molecule has 1 fully saturated rings. The van der Waals surface area contributed by atoms with Crippen LogP contribution < -0.4 is 11.1 Å². The number of aromatic nitrogens is 4. The van der Waals surface area contributed by atoms with Gasteiger partial charge in [0, 0.05) is 11.5 Å². The summed E-state index contributed by atoms with van der Waals surface area (Å²) in [4.78, 5) is 23.8. The number of rotatable bonds is 5. The van der Waals surface area contributed by atoms with Crippen molar-refractivity contribution in [2.75, 3.05) is 5.32 Å². The van der Waals surface area contributed by atoms with E-state index in [9.17, 15) is 9.59 Å². The van der Waals surface area contributed by atoms with Gasteiger partial charge in [-0.15, -0.1) is 10.2 Å². The van der Waals surface area contributed by atoms with E-state index in [4.69, 9.17) is 5.73 Å². The molecule has 108 valence electrons. The van der Waals surface area contributed by atoms with Crippen LogP contribution in [-0.4, -0.2) is 32.0 Å². The first-order valence-corrected chi connectivity index (χ1v) is 6.60. The number of nitrogens with one attached hydrogen (secondary N) is 1. The van der Waals surface area contributed by atoms with Crippen molar-refractivity contribution >= 4 is 17.5 Å². The molecule has 8 heteroatoms. The molecule has 1 aliphatic rings. The van der Waals surface area contributed by atoms with Gasteiger partial charge in [0.25, 0.3) is 0 Å². The largest absolute Gasteiger partial charge is 0.368 e. The molecule has 1 aromatic carbocycles. The summed E-state index contributed by atoms with van der Waals surface area (Å²) in [5.41, 5.74) is 6.37. The van der Waals surface area contributed by atoms with Gasteiger partial charge in [0.15, 0.2) is 0 Å². The van der Waals surface area contributed by atoms with E-state index in [2.05, 4.69) is 20.7 Å². The zero-order valence-electron chi connectivity index (χ0n) is 11.2. The van der Waals surface area contributed by atoms with Crippen LogP contribution in [0.5, 0.6) is 0 Å². The fourth-order valence-corrected chi connectivity index (χ4v) is 1.92. The van der Waals surface area contributed by atoms with E-state index in [1.807, 2.05) is 12.1 Å². The van der Waals surface area contributed by atoms with Crippen LogP contribution in [0, 0.1) is 5.92 Å². The highest BCUT2D eigenvalue weighted by molar-refractivity contribution is 5.97. The molecule has 0 spiro atoms. The maximum atomic E-state index is 11.9. The van der Waals surface area contributed by atoms with Crippen LogP contribution in [0.3, 0.4) is 0 Å². The van der Waals surface area contributed by atoms with Gasteiger partial charge < -0.3 is 11.1 Å². The van der Waals surface area contributed by atoms with Gasteiger partial charge in [0.1, 0.15) is 6.54 Å². The van der Waals surface area contributed by atoms with Crippen molar-refractivity contribution in [3.63, 3.8) is 0 Å². The molecule has 1 aliphatic carbocycles. The normalized spacial score (nSPS) is 13.9. The Labute approximate surface area is 120 Å². The van der Waals surface area contributed by atoms with Gasteiger partial charge in [0.05, 0.1) is 5.69 Å². The zero-order valence-corrected chi connectivity index (χ0v) is 11.2. The number of amides is 2. The number of carbonyl (C=O) groups is 2. The number of para-hydroxylation sites is 1. The first-order chi connectivity index (χ1) is 10.1. The lowest BCUT2D eigenvalue weighted by molar-refractivity contribution is -0.119. The van der Waals surface area contributed by atoms with Gasteiger partial charge in [-0.25, -0.2) is 0 Å². The fraction of sp³-hybridized carbons (Fsp3) is 0.308. The minimum atomic E-state index is -0.547. The third-order valence-corrected chi connectivity index (χ3v) is 3.12. The SMILES string of the molecule is NC(=O)Cn1nnc(-c2ccccc2NC(=O)C2CC2)n1. The number of benzene rings is 1. The van der Waals surface area contributed by atoms with E-state index in [0.29, 0.717) is 17.1 Å². The molecule has 3 N–H and O–H groups in total. The average Bonchev–Trinajstić information content (AvgIpc) is 3.20. The third-order valence-electron chi connectivity index (χ3n) is 3.12. The average molecular weight is 286 g/mol. The number of hydrogen-bond acceptors (Lipinski definition) is 5. The van der Waals surface area contributed by atoms with Crippen molar-refractivity contribution < 1.29 is 9.59 Å². The van der Waals surface area contributed by atoms with Crippen LogP contribution in [0.2, 0.25) is 0 Å². The molecule has 2 aromatic rings. The van der Waals surface area contributed by atoms with Crippen LogP contribution in [-0.2, 0) is 16.1 Å². The second-order valence-corrected chi connectivity index (χ2v) is 4.92. The molecule has 1 saturated carbocycles. The molecular formula is C13H14N6O2. The lowest BCUT2D eigenvalue weighted by atomic mass is 10.1. The van der Waals surface area contributed by atoms with Crippen molar-refractivity contribution in [2.24, 2.45) is 11.7 Å². The molecule has 1 aromatic heterocycles. The minimum absolute atomic E-state index is 0.00646. The second kappa shape index (κ2) is 5.31. The van der Waals surface area contributed by atoms with Crippen molar-refractivity contribution in [3.05, 3.63) is 24.3 Å². The molecule has 21 heavy (non-hydrogen) atoms. The molecule has 3 rings (SSSR count). The first-order valence-electron chi connectivity index (χ1n) is 6.60. The van der Waals surface area contributed by atoms with Gasteiger partial charge in [-0.2, -0.15) is 4.80 Å². The Hall–Kier alpha value is -2.77. The van der Waals surface area contributed by atoms with E-state index in [1.54, 1.807) is 12.1 Å². The Bertz CT molecular complexity index is 691. The van der Waals surface area contributed by atoms with Crippen molar-refractivity contribution in [1.82, 2.24) is 20.2 Å². The number of nitrogens with two attached hydrogens (primary N) is 1. The summed E-state index contributed by atoms with van der Waals surface area (Å²) in [6.45, 7) is -0.135. The zero-order chi connectivity index (χ0) is 14.8. The van der Waals surface area contributed by atoms with Crippen molar-refractivity contribution in [2.45, 2.75) is 19.4 Å². The highest BCUT2D eigenvalue weighted by Gasteiger charge is 2.30. The Morgan fingerprint density at radius 1 is 1.33 bits per heavy atom. The van der Waals surface area contributed by atoms with E-state index < -0.39 is 5.91 Å². The van der Waals surface area contributed by atoms with Gasteiger partial charge in [-0.1, -0.05) is 12.1 Å². The number of carbonyl (C=O) groups excluding carboxylic acids is 2. The summed E-state index contributed by atoms with van der Waals surface area (Å²) >= 11 is 0. The molecule has 8 nitrogen and oxygen atoms in total. The first kappa shape index (κ1) is 13.2. The summed E-state index contributed by atoms with van der Waals surface area (Å²) in [6, 6.07) is 7.20. The smallest absolute Gasteiger partial charge is 0.241 e. The molecule has 0 bridgehead atoms. The van der Waals surface area contributed by atoms with Gasteiger partial charge >= 0.3 is 0 Å². The minimum Gasteiger partial charge on any atom is -0.368 e. The summed E-state index contributed by atoms with van der Waals surface area (Å²) in [5, 5.41) is 14.6. The van der Waals surface area contributed by atoms with Gasteiger partial charge in [-0.3, -0.25) is 9.59 Å². The molecule has 1 heterocycles. The monoisotopic (exact) mass is 286 g/mol. The fourth-order valence-electron chi connectivity index (χ4n) is 1.92. The standard InChI is InChI=1S/C13H14N6O2/c14-11(20)7-19-17-12(16-18-19)9-3-1-2-4-10(9)15-13(21)8-5-6-8/h1-4,8H,5-7H2,(H2,14,20)(H,15,21). The molecule has 0 saturated heterocycles. The van der Waals surface area contributed by atoms with Crippen LogP contribution in [0.15, 0.2) is 24.3 Å². The number of hydrogen-bond donors (Lipinski definition) is 2. The Balaban J connectivity index is 1.85. The molecule has 0 unspecified atom stereocenters. The number of anilines is 1. The van der Waals surface area contributed by atoms with E-state index in [0.717, 1.165) is 17.6 Å². The molecule has 2 amide bonds. The van der Waals surface area contributed by atoms with E-state index >= 15 is 0 Å². The summed E-state index contributed by atoms with van der Waals surface area (Å²) < 4.78 is 0. The van der Waals surface area contributed by atoms with Crippen molar-refractivity contribution in [1.29, 1.82) is 0 Å². The highest BCUT2D eigenvalue weighted by atomic mass is 16.2. The van der Waals surface area contributed by atoms with Crippen molar-refractivity contribution in [3.8, 4) is 11.4 Å². The quantitative estimate of drug-likeness (QED) is 0.813. The Kier molecular flexibility index (Phi) is 3.35. The Morgan fingerprint density at radius 2 is 2.10 bits per heavy atom. The summed E-state index contributed by atoms with van der Waals surface area (Å²) in [7, 11) is 0. The maximum absolute atomic E-state index is 11.9. The van der Waals surface area contributed by atoms with Crippen LogP contribution >= 0.6 is 0 Å². The second-order valence-electron chi connectivity index (χ2n) is 4.92. The predicted octanol–water partition coefficient (Wildman–Crippen LogP) is 0.174. The van der Waals surface area contributed by atoms with E-state index in [-0.39, 0.29) is 18.4 Å². The van der Waals surface area contributed by atoms with Gasteiger partial charge in [0.2, 0.25) is 17.6 Å². The summed E-state index contributed by atoms with van der Waals surface area (Å²) in [6.07, 6.45) is 1.86. The van der Waals surface area contributed by atoms with Gasteiger partial charge in [-0.05, 0) is 30.2 Å². The number of nitrogens with zero attached hydrogens (tertiary/aromatic N) is 4. The molecule has 0 atom stereocenters. The summed E-state index contributed by atoms with van der Waals surface area (Å²) in [5.74, 6) is -0.0965. The van der Waals surface area contributed by atoms with Crippen LogP contribution in [0.25, 0.3) is 11.4 Å².